The number of aryl methyl sites for hydroxylation is 1. The fourth-order valence-electron chi connectivity index (χ4n) is 1.08. The Morgan fingerprint density at radius 2 is 2.53 bits per heavy atom. The molecule has 1 heterocycles. The van der Waals surface area contributed by atoms with E-state index in [2.05, 4.69) is 27.4 Å². The molecule has 0 bridgehead atoms. The topological polar surface area (TPSA) is 69.8 Å². The Labute approximate surface area is 89.0 Å². The van der Waals surface area contributed by atoms with Crippen LogP contribution in [-0.4, -0.2) is 29.2 Å². The standard InChI is InChI=1S/C10H16N4O/c1-3-5-11-7-10(15)12-9-6-8(4-2)13-14-9/h3,6,11H,1,4-5,7H2,2H3,(H2,12,13,14,15). The van der Waals surface area contributed by atoms with Crippen LogP contribution in [0.5, 0.6) is 0 Å². The van der Waals surface area contributed by atoms with E-state index in [0.29, 0.717) is 12.4 Å². The number of hydrogen-bond donors (Lipinski definition) is 3. The maximum atomic E-state index is 11.3. The minimum atomic E-state index is -0.106. The van der Waals surface area contributed by atoms with Gasteiger partial charge in [-0.25, -0.2) is 0 Å². The molecule has 0 atom stereocenters. The van der Waals surface area contributed by atoms with Gasteiger partial charge in [-0.1, -0.05) is 13.0 Å². The molecular formula is C10H16N4O. The molecule has 0 unspecified atom stereocenters. The first kappa shape index (κ1) is 11.5. The SMILES string of the molecule is C=CCNCC(=O)Nc1cc(CC)[nH]n1. The summed E-state index contributed by atoms with van der Waals surface area (Å²) in [5, 5.41) is 12.4. The van der Waals surface area contributed by atoms with Gasteiger partial charge in [0.15, 0.2) is 5.82 Å². The van der Waals surface area contributed by atoms with E-state index in [9.17, 15) is 4.79 Å². The van der Waals surface area contributed by atoms with Crippen molar-refractivity contribution in [1.29, 1.82) is 0 Å². The van der Waals surface area contributed by atoms with Gasteiger partial charge in [0.2, 0.25) is 5.91 Å². The molecule has 0 aromatic carbocycles. The molecule has 1 rings (SSSR count). The van der Waals surface area contributed by atoms with Crippen molar-refractivity contribution >= 4 is 11.7 Å². The summed E-state index contributed by atoms with van der Waals surface area (Å²) in [7, 11) is 0. The van der Waals surface area contributed by atoms with Crippen LogP contribution in [0.4, 0.5) is 5.82 Å². The van der Waals surface area contributed by atoms with Crippen molar-refractivity contribution in [3.63, 3.8) is 0 Å². The van der Waals surface area contributed by atoms with E-state index < -0.39 is 0 Å². The molecule has 15 heavy (non-hydrogen) atoms. The second-order valence-electron chi connectivity index (χ2n) is 3.10. The highest BCUT2D eigenvalue weighted by molar-refractivity contribution is 5.91. The first-order valence-electron chi connectivity index (χ1n) is 4.92. The second-order valence-corrected chi connectivity index (χ2v) is 3.10. The molecule has 5 nitrogen and oxygen atoms in total. The summed E-state index contributed by atoms with van der Waals surface area (Å²) < 4.78 is 0. The van der Waals surface area contributed by atoms with Gasteiger partial charge in [-0.2, -0.15) is 5.10 Å². The van der Waals surface area contributed by atoms with Crippen LogP contribution in [-0.2, 0) is 11.2 Å². The second kappa shape index (κ2) is 5.98. The van der Waals surface area contributed by atoms with E-state index in [1.54, 1.807) is 6.08 Å². The largest absolute Gasteiger partial charge is 0.308 e. The molecule has 82 valence electrons. The molecule has 0 saturated heterocycles. The summed E-state index contributed by atoms with van der Waals surface area (Å²) in [6, 6.07) is 1.82. The number of anilines is 1. The van der Waals surface area contributed by atoms with Gasteiger partial charge < -0.3 is 10.6 Å². The van der Waals surface area contributed by atoms with Gasteiger partial charge in [0, 0.05) is 18.3 Å². The Morgan fingerprint density at radius 3 is 3.13 bits per heavy atom. The van der Waals surface area contributed by atoms with Crippen LogP contribution in [0.2, 0.25) is 0 Å². The average molecular weight is 208 g/mol. The number of nitrogens with zero attached hydrogens (tertiary/aromatic N) is 1. The van der Waals surface area contributed by atoms with Gasteiger partial charge in [-0.05, 0) is 6.42 Å². The lowest BCUT2D eigenvalue weighted by Gasteiger charge is -2.01. The Balaban J connectivity index is 2.33. The van der Waals surface area contributed by atoms with Crippen molar-refractivity contribution in [1.82, 2.24) is 15.5 Å². The first-order chi connectivity index (χ1) is 7.26. The fourth-order valence-corrected chi connectivity index (χ4v) is 1.08. The number of amides is 1. The monoisotopic (exact) mass is 208 g/mol. The third-order valence-electron chi connectivity index (χ3n) is 1.85. The van der Waals surface area contributed by atoms with Crippen molar-refractivity contribution in [2.45, 2.75) is 13.3 Å². The zero-order chi connectivity index (χ0) is 11.1. The molecule has 1 amide bonds. The molecule has 0 fully saturated rings. The molecule has 0 radical (unpaired) electrons. The summed E-state index contributed by atoms with van der Waals surface area (Å²) in [5.74, 6) is 0.461. The lowest BCUT2D eigenvalue weighted by Crippen LogP contribution is -2.28. The quantitative estimate of drug-likeness (QED) is 0.476. The van der Waals surface area contributed by atoms with Gasteiger partial charge in [-0.3, -0.25) is 9.89 Å². The van der Waals surface area contributed by atoms with Crippen LogP contribution in [0.3, 0.4) is 0 Å². The van der Waals surface area contributed by atoms with Crippen LogP contribution in [0.1, 0.15) is 12.6 Å². The molecule has 0 saturated carbocycles. The molecular weight excluding hydrogens is 192 g/mol. The zero-order valence-electron chi connectivity index (χ0n) is 8.84. The minimum absolute atomic E-state index is 0.106. The van der Waals surface area contributed by atoms with Crippen LogP contribution < -0.4 is 10.6 Å². The van der Waals surface area contributed by atoms with Crippen molar-refractivity contribution in [3.8, 4) is 0 Å². The van der Waals surface area contributed by atoms with E-state index in [-0.39, 0.29) is 12.5 Å². The van der Waals surface area contributed by atoms with Gasteiger partial charge >= 0.3 is 0 Å². The maximum Gasteiger partial charge on any atom is 0.239 e. The van der Waals surface area contributed by atoms with Crippen molar-refractivity contribution in [3.05, 3.63) is 24.4 Å². The van der Waals surface area contributed by atoms with Gasteiger partial charge in [0.05, 0.1) is 6.54 Å². The highest BCUT2D eigenvalue weighted by Gasteiger charge is 2.03. The summed E-state index contributed by atoms with van der Waals surface area (Å²) in [5.41, 5.74) is 1.00. The Morgan fingerprint density at radius 1 is 1.73 bits per heavy atom. The van der Waals surface area contributed by atoms with Crippen LogP contribution in [0, 0.1) is 0 Å². The number of H-pyrrole nitrogens is 1. The average Bonchev–Trinajstić information content (AvgIpc) is 2.66. The smallest absolute Gasteiger partial charge is 0.239 e. The lowest BCUT2D eigenvalue weighted by atomic mass is 10.3. The lowest BCUT2D eigenvalue weighted by molar-refractivity contribution is -0.115. The minimum Gasteiger partial charge on any atom is -0.308 e. The van der Waals surface area contributed by atoms with E-state index in [1.807, 2.05) is 13.0 Å². The molecule has 3 N–H and O–H groups in total. The van der Waals surface area contributed by atoms with Gasteiger partial charge in [0.25, 0.3) is 0 Å². The van der Waals surface area contributed by atoms with Crippen LogP contribution in [0.25, 0.3) is 0 Å². The highest BCUT2D eigenvalue weighted by atomic mass is 16.2. The number of carbonyl (C=O) groups excluding carboxylic acids is 1. The zero-order valence-corrected chi connectivity index (χ0v) is 8.84. The molecule has 0 aliphatic rings. The number of hydrogen-bond acceptors (Lipinski definition) is 3. The fraction of sp³-hybridized carbons (Fsp3) is 0.400. The summed E-state index contributed by atoms with van der Waals surface area (Å²) in [4.78, 5) is 11.3. The summed E-state index contributed by atoms with van der Waals surface area (Å²) >= 11 is 0. The molecule has 0 aliphatic heterocycles. The maximum absolute atomic E-state index is 11.3. The number of aromatic nitrogens is 2. The Hall–Kier alpha value is -1.62. The predicted molar refractivity (Wildman–Crippen MR) is 59.7 cm³/mol. The van der Waals surface area contributed by atoms with Crippen LogP contribution in [0.15, 0.2) is 18.7 Å². The predicted octanol–water partition coefficient (Wildman–Crippen LogP) is 0.686. The highest BCUT2D eigenvalue weighted by Crippen LogP contribution is 2.04. The summed E-state index contributed by atoms with van der Waals surface area (Å²) in [6.45, 7) is 6.45. The molecule has 1 aromatic heterocycles. The molecule has 0 spiro atoms. The number of carbonyl (C=O) groups is 1. The van der Waals surface area contributed by atoms with E-state index in [0.717, 1.165) is 12.1 Å². The normalized spacial score (nSPS) is 9.93. The third-order valence-corrected chi connectivity index (χ3v) is 1.85. The first-order valence-corrected chi connectivity index (χ1v) is 4.92. The van der Waals surface area contributed by atoms with Crippen molar-refractivity contribution in [2.75, 3.05) is 18.4 Å². The number of nitrogens with one attached hydrogen (secondary N) is 3. The number of aromatic amines is 1. The van der Waals surface area contributed by atoms with Crippen LogP contribution >= 0.6 is 0 Å². The number of rotatable bonds is 6. The summed E-state index contributed by atoms with van der Waals surface area (Å²) in [6.07, 6.45) is 2.58. The molecule has 1 aromatic rings. The Kier molecular flexibility index (Phi) is 4.56. The van der Waals surface area contributed by atoms with E-state index in [1.165, 1.54) is 0 Å². The van der Waals surface area contributed by atoms with Crippen molar-refractivity contribution < 1.29 is 4.79 Å². The third kappa shape index (κ3) is 3.95. The van der Waals surface area contributed by atoms with Gasteiger partial charge in [0.1, 0.15) is 0 Å². The van der Waals surface area contributed by atoms with Gasteiger partial charge in [-0.15, -0.1) is 6.58 Å². The van der Waals surface area contributed by atoms with Crippen molar-refractivity contribution in [2.24, 2.45) is 0 Å². The molecule has 0 aliphatic carbocycles. The molecule has 5 heteroatoms. The van der Waals surface area contributed by atoms with E-state index >= 15 is 0 Å². The Bertz CT molecular complexity index is 332. The van der Waals surface area contributed by atoms with E-state index in [4.69, 9.17) is 0 Å².